The van der Waals surface area contributed by atoms with Gasteiger partial charge in [-0.05, 0) is 17.5 Å². The Kier molecular flexibility index (Phi) is 3.48. The Morgan fingerprint density at radius 1 is 1.00 bits per heavy atom. The monoisotopic (exact) mass is 353 g/mol. The molecule has 1 N–H and O–H groups in total. The average Bonchev–Trinajstić information content (AvgIpc) is 2.32. The highest BCUT2D eigenvalue weighted by Gasteiger charge is 2.46. The molecule has 2 rings (SSSR count). The quantitative estimate of drug-likeness (QED) is 0.890. The predicted octanol–water partition coefficient (Wildman–Crippen LogP) is 3.86. The number of rotatable bonds is 2. The first kappa shape index (κ1) is 14.1. The summed E-state index contributed by atoms with van der Waals surface area (Å²) in [7, 11) is -5.42. The van der Waals surface area contributed by atoms with Gasteiger partial charge in [0.25, 0.3) is 0 Å². The van der Waals surface area contributed by atoms with Crippen LogP contribution in [0.25, 0.3) is 10.8 Å². The van der Waals surface area contributed by atoms with Crippen molar-refractivity contribution in [1.29, 1.82) is 0 Å². The minimum atomic E-state index is -5.42. The molecule has 0 spiro atoms. The van der Waals surface area contributed by atoms with E-state index in [1.807, 2.05) is 0 Å². The Balaban J connectivity index is 2.57. The zero-order valence-corrected chi connectivity index (χ0v) is 11.6. The zero-order chi connectivity index (χ0) is 14.3. The lowest BCUT2D eigenvalue weighted by atomic mass is 10.1. The molecule has 0 saturated carbocycles. The minimum absolute atomic E-state index is 0.115. The lowest BCUT2D eigenvalue weighted by molar-refractivity contribution is -0.0429. The highest BCUT2D eigenvalue weighted by atomic mass is 79.9. The number of halogens is 4. The van der Waals surface area contributed by atoms with Gasteiger partial charge < -0.3 is 0 Å². The fourth-order valence-electron chi connectivity index (χ4n) is 1.55. The van der Waals surface area contributed by atoms with Gasteiger partial charge in [0.2, 0.25) is 0 Å². The Labute approximate surface area is 115 Å². The Bertz CT molecular complexity index is 728. The molecule has 102 valence electrons. The zero-order valence-electron chi connectivity index (χ0n) is 9.20. The van der Waals surface area contributed by atoms with Gasteiger partial charge in [-0.15, -0.1) is 0 Å². The summed E-state index contributed by atoms with van der Waals surface area (Å²) >= 11 is 3.25. The van der Waals surface area contributed by atoms with E-state index in [0.717, 1.165) is 0 Å². The summed E-state index contributed by atoms with van der Waals surface area (Å²) < 4.78 is 61.4. The summed E-state index contributed by atoms with van der Waals surface area (Å²) in [5.74, 6) is 0. The molecule has 0 heterocycles. The van der Waals surface area contributed by atoms with E-state index >= 15 is 0 Å². The van der Waals surface area contributed by atoms with Crippen LogP contribution in [-0.2, 0) is 10.0 Å². The molecule has 0 unspecified atom stereocenters. The molecule has 0 saturated heterocycles. The van der Waals surface area contributed by atoms with Crippen molar-refractivity contribution in [2.24, 2.45) is 0 Å². The Hall–Kier alpha value is -1.28. The maximum absolute atomic E-state index is 12.3. The van der Waals surface area contributed by atoms with E-state index < -0.39 is 15.5 Å². The highest BCUT2D eigenvalue weighted by Crippen LogP contribution is 2.33. The van der Waals surface area contributed by atoms with Crippen LogP contribution in [0, 0.1) is 0 Å². The van der Waals surface area contributed by atoms with Crippen LogP contribution < -0.4 is 4.72 Å². The van der Waals surface area contributed by atoms with Gasteiger partial charge in [-0.1, -0.05) is 40.2 Å². The van der Waals surface area contributed by atoms with Crippen molar-refractivity contribution < 1.29 is 21.6 Å². The molecule has 0 radical (unpaired) electrons. The van der Waals surface area contributed by atoms with Crippen molar-refractivity contribution in [2.75, 3.05) is 4.72 Å². The van der Waals surface area contributed by atoms with E-state index in [1.54, 1.807) is 22.9 Å². The molecule has 0 bridgehead atoms. The van der Waals surface area contributed by atoms with Crippen LogP contribution in [0.3, 0.4) is 0 Å². The second-order valence-electron chi connectivity index (χ2n) is 3.69. The number of fused-ring (bicyclic) bond motifs is 1. The molecular weight excluding hydrogens is 347 g/mol. The van der Waals surface area contributed by atoms with Crippen molar-refractivity contribution in [1.82, 2.24) is 0 Å². The molecule has 2 aromatic rings. The maximum atomic E-state index is 12.3. The van der Waals surface area contributed by atoms with Gasteiger partial charge in [0.1, 0.15) is 0 Å². The van der Waals surface area contributed by atoms with Crippen LogP contribution in [0.15, 0.2) is 40.9 Å². The molecule has 0 atom stereocenters. The summed E-state index contributed by atoms with van der Waals surface area (Å²) in [6.07, 6.45) is 0. The van der Waals surface area contributed by atoms with Crippen LogP contribution in [0.1, 0.15) is 0 Å². The first-order valence-electron chi connectivity index (χ1n) is 4.99. The van der Waals surface area contributed by atoms with E-state index in [2.05, 4.69) is 15.9 Å². The van der Waals surface area contributed by atoms with Crippen molar-refractivity contribution in [3.63, 3.8) is 0 Å². The molecule has 0 amide bonds. The Morgan fingerprint density at radius 3 is 2.16 bits per heavy atom. The largest absolute Gasteiger partial charge is 0.516 e. The number of hydrogen-bond donors (Lipinski definition) is 1. The molecule has 0 aromatic heterocycles. The molecule has 3 nitrogen and oxygen atoms in total. The van der Waals surface area contributed by atoms with Gasteiger partial charge in [-0.2, -0.15) is 21.6 Å². The molecule has 0 aliphatic rings. The second kappa shape index (κ2) is 4.68. The molecule has 8 heteroatoms. The van der Waals surface area contributed by atoms with Crippen molar-refractivity contribution in [3.8, 4) is 0 Å². The van der Waals surface area contributed by atoms with Crippen molar-refractivity contribution >= 4 is 42.4 Å². The van der Waals surface area contributed by atoms with E-state index in [4.69, 9.17) is 0 Å². The lowest BCUT2D eigenvalue weighted by Gasteiger charge is -2.13. The van der Waals surface area contributed by atoms with Crippen molar-refractivity contribution in [2.45, 2.75) is 5.51 Å². The molecule has 0 aliphatic carbocycles. The number of benzene rings is 2. The smallest absolute Gasteiger partial charge is 0.275 e. The van der Waals surface area contributed by atoms with Crippen molar-refractivity contribution in [3.05, 3.63) is 40.9 Å². The summed E-state index contributed by atoms with van der Waals surface area (Å²) in [5, 5.41) is 0.995. The van der Waals surface area contributed by atoms with E-state index in [9.17, 15) is 21.6 Å². The predicted molar refractivity (Wildman–Crippen MR) is 70.2 cm³/mol. The summed E-state index contributed by atoms with van der Waals surface area (Å²) in [6, 6.07) is 9.28. The normalized spacial score (nSPS) is 12.6. The highest BCUT2D eigenvalue weighted by molar-refractivity contribution is 9.10. The standard InChI is InChI=1S/C11H7BrF3NO2S/c12-9-5-6-10(8-4-2-1-3-7(8)9)16-19(17,18)11(13,14)15/h1-6,16H. The Morgan fingerprint density at radius 2 is 1.58 bits per heavy atom. The number of hydrogen-bond acceptors (Lipinski definition) is 2. The van der Waals surface area contributed by atoms with Crippen LogP contribution in [0.4, 0.5) is 18.9 Å². The molecular formula is C11H7BrF3NO2S. The maximum Gasteiger partial charge on any atom is 0.516 e. The fraction of sp³-hybridized carbons (Fsp3) is 0.0909. The van der Waals surface area contributed by atoms with Crippen LogP contribution in [0.2, 0.25) is 0 Å². The fourth-order valence-corrected chi connectivity index (χ4v) is 2.62. The number of nitrogens with one attached hydrogen (secondary N) is 1. The third-order valence-electron chi connectivity index (χ3n) is 2.42. The van der Waals surface area contributed by atoms with Crippen LogP contribution in [0.5, 0.6) is 0 Å². The molecule has 19 heavy (non-hydrogen) atoms. The third kappa shape index (κ3) is 2.69. The summed E-state index contributed by atoms with van der Waals surface area (Å²) in [5.41, 5.74) is -5.46. The van der Waals surface area contributed by atoms with Gasteiger partial charge in [0.15, 0.2) is 0 Å². The van der Waals surface area contributed by atoms with Gasteiger partial charge in [-0.3, -0.25) is 4.72 Å². The summed E-state index contributed by atoms with van der Waals surface area (Å²) in [6.45, 7) is 0. The van der Waals surface area contributed by atoms with Gasteiger partial charge >= 0.3 is 15.5 Å². The number of sulfonamides is 1. The van der Waals surface area contributed by atoms with Gasteiger partial charge in [0, 0.05) is 9.86 Å². The summed E-state index contributed by atoms with van der Waals surface area (Å²) in [4.78, 5) is 0. The van der Waals surface area contributed by atoms with E-state index in [1.165, 1.54) is 18.2 Å². The molecule has 0 aliphatic heterocycles. The molecule has 2 aromatic carbocycles. The van der Waals surface area contributed by atoms with Gasteiger partial charge in [0.05, 0.1) is 5.69 Å². The number of alkyl halides is 3. The average molecular weight is 354 g/mol. The first-order chi connectivity index (χ1) is 8.72. The second-order valence-corrected chi connectivity index (χ2v) is 6.22. The first-order valence-corrected chi connectivity index (χ1v) is 7.26. The van der Waals surface area contributed by atoms with Crippen LogP contribution in [-0.4, -0.2) is 13.9 Å². The lowest BCUT2D eigenvalue weighted by Crippen LogP contribution is -2.29. The van der Waals surface area contributed by atoms with Crippen LogP contribution >= 0.6 is 15.9 Å². The SMILES string of the molecule is O=S(=O)(Nc1ccc(Br)c2ccccc12)C(F)(F)F. The molecule has 0 fully saturated rings. The topological polar surface area (TPSA) is 46.2 Å². The third-order valence-corrected chi connectivity index (χ3v) is 4.21. The minimum Gasteiger partial charge on any atom is -0.275 e. The van der Waals surface area contributed by atoms with Gasteiger partial charge in [-0.25, -0.2) is 0 Å². The number of anilines is 1. The van der Waals surface area contributed by atoms with E-state index in [-0.39, 0.29) is 5.69 Å². The van der Waals surface area contributed by atoms with E-state index in [0.29, 0.717) is 15.2 Å².